The molecule has 1 nitrogen and oxygen atoms in total. The maximum absolute atomic E-state index is 13.5. The van der Waals surface area contributed by atoms with Gasteiger partial charge in [0.2, 0.25) is 0 Å². The molecule has 1 N–H and O–H groups in total. The number of halogens is 1. The van der Waals surface area contributed by atoms with Gasteiger partial charge in [-0.25, -0.2) is 4.39 Å². The van der Waals surface area contributed by atoms with Crippen molar-refractivity contribution in [1.82, 2.24) is 5.32 Å². The van der Waals surface area contributed by atoms with Crippen LogP contribution in [0.1, 0.15) is 24.8 Å². The first kappa shape index (κ1) is 9.66. The molecule has 0 aromatic heterocycles. The number of benzene rings is 1. The molecule has 0 unspecified atom stereocenters. The molecular formula is C12H16FN. The van der Waals surface area contributed by atoms with Crippen LogP contribution in [0.5, 0.6) is 0 Å². The standard InChI is InChI=1S/C12H16FN/c1-9-8-14-7-6-10(9)11-4-2-3-5-12(11)13/h2-5,9-10,14H,6-8H2,1H3/t9-,10+/m1/s1. The van der Waals surface area contributed by atoms with E-state index in [1.807, 2.05) is 12.1 Å². The van der Waals surface area contributed by atoms with Gasteiger partial charge in [0.05, 0.1) is 0 Å². The normalized spacial score (nSPS) is 27.6. The van der Waals surface area contributed by atoms with Crippen molar-refractivity contribution in [1.29, 1.82) is 0 Å². The Hall–Kier alpha value is -0.890. The van der Waals surface area contributed by atoms with Crippen molar-refractivity contribution in [3.8, 4) is 0 Å². The fourth-order valence-electron chi connectivity index (χ4n) is 2.25. The molecule has 1 fully saturated rings. The summed E-state index contributed by atoms with van der Waals surface area (Å²) in [6.45, 7) is 4.19. The van der Waals surface area contributed by atoms with Crippen LogP contribution in [0.25, 0.3) is 0 Å². The van der Waals surface area contributed by atoms with Gasteiger partial charge in [-0.15, -0.1) is 0 Å². The zero-order valence-corrected chi connectivity index (χ0v) is 8.46. The fourth-order valence-corrected chi connectivity index (χ4v) is 2.25. The van der Waals surface area contributed by atoms with Gasteiger partial charge >= 0.3 is 0 Å². The molecule has 0 spiro atoms. The second kappa shape index (κ2) is 4.09. The first-order valence-electron chi connectivity index (χ1n) is 5.24. The van der Waals surface area contributed by atoms with Crippen molar-refractivity contribution in [3.63, 3.8) is 0 Å². The van der Waals surface area contributed by atoms with Crippen molar-refractivity contribution in [3.05, 3.63) is 35.6 Å². The van der Waals surface area contributed by atoms with Crippen LogP contribution in [0, 0.1) is 11.7 Å². The van der Waals surface area contributed by atoms with Gasteiger partial charge in [0, 0.05) is 0 Å². The van der Waals surface area contributed by atoms with Crippen molar-refractivity contribution in [2.45, 2.75) is 19.3 Å². The SMILES string of the molecule is C[C@@H]1CNCC[C@@H]1c1ccccc1F. The van der Waals surface area contributed by atoms with Gasteiger partial charge in [0.25, 0.3) is 0 Å². The van der Waals surface area contributed by atoms with E-state index in [1.54, 1.807) is 12.1 Å². The Balaban J connectivity index is 2.25. The fraction of sp³-hybridized carbons (Fsp3) is 0.500. The van der Waals surface area contributed by atoms with E-state index < -0.39 is 0 Å². The summed E-state index contributed by atoms with van der Waals surface area (Å²) in [5.74, 6) is 0.865. The van der Waals surface area contributed by atoms with Gasteiger partial charge in [-0.3, -0.25) is 0 Å². The van der Waals surface area contributed by atoms with Gasteiger partial charge in [-0.05, 0) is 43.0 Å². The zero-order chi connectivity index (χ0) is 9.97. The monoisotopic (exact) mass is 193 g/mol. The highest BCUT2D eigenvalue weighted by Gasteiger charge is 2.24. The van der Waals surface area contributed by atoms with Crippen molar-refractivity contribution >= 4 is 0 Å². The summed E-state index contributed by atoms with van der Waals surface area (Å²) in [6.07, 6.45) is 1.04. The molecule has 14 heavy (non-hydrogen) atoms. The van der Waals surface area contributed by atoms with E-state index in [2.05, 4.69) is 12.2 Å². The highest BCUT2D eigenvalue weighted by molar-refractivity contribution is 5.23. The van der Waals surface area contributed by atoms with Crippen molar-refractivity contribution in [2.75, 3.05) is 13.1 Å². The summed E-state index contributed by atoms with van der Waals surface area (Å²) in [6, 6.07) is 7.16. The van der Waals surface area contributed by atoms with E-state index in [0.29, 0.717) is 11.8 Å². The molecule has 1 aliphatic heterocycles. The number of hydrogen-bond donors (Lipinski definition) is 1. The number of hydrogen-bond acceptors (Lipinski definition) is 1. The van der Waals surface area contributed by atoms with Crippen LogP contribution in [0.3, 0.4) is 0 Å². The molecule has 0 saturated carbocycles. The highest BCUT2D eigenvalue weighted by atomic mass is 19.1. The van der Waals surface area contributed by atoms with E-state index >= 15 is 0 Å². The molecule has 1 aliphatic rings. The van der Waals surface area contributed by atoms with E-state index in [4.69, 9.17) is 0 Å². The lowest BCUT2D eigenvalue weighted by atomic mass is 9.82. The van der Waals surface area contributed by atoms with Crippen LogP contribution in [0.4, 0.5) is 4.39 Å². The molecular weight excluding hydrogens is 177 g/mol. The first-order valence-corrected chi connectivity index (χ1v) is 5.24. The van der Waals surface area contributed by atoms with Gasteiger partial charge in [0.15, 0.2) is 0 Å². The summed E-state index contributed by atoms with van der Waals surface area (Å²) >= 11 is 0. The second-order valence-corrected chi connectivity index (χ2v) is 4.10. The molecule has 0 amide bonds. The Labute approximate surface area is 84.3 Å². The number of nitrogens with one attached hydrogen (secondary N) is 1. The molecule has 0 aliphatic carbocycles. The molecule has 2 atom stereocenters. The van der Waals surface area contributed by atoms with Crippen LogP contribution >= 0.6 is 0 Å². The van der Waals surface area contributed by atoms with Crippen LogP contribution in [0.15, 0.2) is 24.3 Å². The predicted octanol–water partition coefficient (Wildman–Crippen LogP) is 2.54. The van der Waals surface area contributed by atoms with E-state index in [9.17, 15) is 4.39 Å². The molecule has 1 aromatic rings. The average Bonchev–Trinajstić information content (AvgIpc) is 2.20. The highest BCUT2D eigenvalue weighted by Crippen LogP contribution is 2.31. The largest absolute Gasteiger partial charge is 0.316 e. The lowest BCUT2D eigenvalue weighted by molar-refractivity contribution is 0.341. The third-order valence-electron chi connectivity index (χ3n) is 3.09. The van der Waals surface area contributed by atoms with Gasteiger partial charge in [-0.2, -0.15) is 0 Å². The summed E-state index contributed by atoms with van der Waals surface area (Å²) in [7, 11) is 0. The number of piperidine rings is 1. The molecule has 1 heterocycles. The summed E-state index contributed by atoms with van der Waals surface area (Å²) in [5.41, 5.74) is 0.890. The predicted molar refractivity (Wildman–Crippen MR) is 55.8 cm³/mol. The molecule has 2 heteroatoms. The van der Waals surface area contributed by atoms with Gasteiger partial charge < -0.3 is 5.32 Å². The lowest BCUT2D eigenvalue weighted by Crippen LogP contribution is -2.34. The van der Waals surface area contributed by atoms with Gasteiger partial charge in [-0.1, -0.05) is 25.1 Å². The van der Waals surface area contributed by atoms with E-state index in [1.165, 1.54) is 0 Å². The quantitative estimate of drug-likeness (QED) is 0.722. The van der Waals surface area contributed by atoms with Crippen LogP contribution in [0.2, 0.25) is 0 Å². The second-order valence-electron chi connectivity index (χ2n) is 4.10. The minimum atomic E-state index is -0.0498. The maximum Gasteiger partial charge on any atom is 0.126 e. The topological polar surface area (TPSA) is 12.0 Å². The average molecular weight is 193 g/mol. The Morgan fingerprint density at radius 1 is 1.36 bits per heavy atom. The Morgan fingerprint density at radius 3 is 2.86 bits per heavy atom. The number of rotatable bonds is 1. The van der Waals surface area contributed by atoms with Crippen molar-refractivity contribution in [2.24, 2.45) is 5.92 Å². The first-order chi connectivity index (χ1) is 6.79. The summed E-state index contributed by atoms with van der Waals surface area (Å²) in [4.78, 5) is 0. The Bertz CT molecular complexity index is 311. The maximum atomic E-state index is 13.5. The third kappa shape index (κ3) is 1.80. The molecule has 0 bridgehead atoms. The van der Waals surface area contributed by atoms with E-state index in [0.717, 1.165) is 25.1 Å². The summed E-state index contributed by atoms with van der Waals surface area (Å²) < 4.78 is 13.5. The molecule has 1 saturated heterocycles. The smallest absolute Gasteiger partial charge is 0.126 e. The third-order valence-corrected chi connectivity index (χ3v) is 3.09. The molecule has 76 valence electrons. The van der Waals surface area contributed by atoms with Gasteiger partial charge in [0.1, 0.15) is 5.82 Å². The Morgan fingerprint density at radius 2 is 2.14 bits per heavy atom. The molecule has 0 radical (unpaired) electrons. The molecule has 2 rings (SSSR count). The van der Waals surface area contributed by atoms with Crippen molar-refractivity contribution < 1.29 is 4.39 Å². The molecule has 1 aromatic carbocycles. The minimum Gasteiger partial charge on any atom is -0.316 e. The van der Waals surface area contributed by atoms with E-state index in [-0.39, 0.29) is 5.82 Å². The summed E-state index contributed by atoms with van der Waals surface area (Å²) in [5, 5.41) is 3.33. The zero-order valence-electron chi connectivity index (χ0n) is 8.46. The van der Waals surface area contributed by atoms with Crippen LogP contribution < -0.4 is 5.32 Å². The van der Waals surface area contributed by atoms with Crippen LogP contribution in [-0.4, -0.2) is 13.1 Å². The Kier molecular flexibility index (Phi) is 2.82. The van der Waals surface area contributed by atoms with Crippen LogP contribution in [-0.2, 0) is 0 Å². The minimum absolute atomic E-state index is 0.0498. The lowest BCUT2D eigenvalue weighted by Gasteiger charge is -2.30.